The molecule has 0 atom stereocenters. The Hall–Kier alpha value is -0.971. The molecule has 0 aliphatic rings. The van der Waals surface area contributed by atoms with Crippen LogP contribution in [-0.2, 0) is 0 Å². The van der Waals surface area contributed by atoms with Crippen molar-refractivity contribution < 1.29 is 0 Å². The van der Waals surface area contributed by atoms with Crippen molar-refractivity contribution in [2.45, 2.75) is 11.7 Å². The van der Waals surface area contributed by atoms with Crippen LogP contribution in [0.3, 0.4) is 0 Å². The van der Waals surface area contributed by atoms with Crippen LogP contribution in [0, 0.1) is 11.3 Å². The third kappa shape index (κ3) is 2.96. The van der Waals surface area contributed by atoms with Crippen molar-refractivity contribution in [3.63, 3.8) is 0 Å². The van der Waals surface area contributed by atoms with Gasteiger partial charge in [0.15, 0.2) is 0 Å². The van der Waals surface area contributed by atoms with E-state index in [2.05, 4.69) is 6.07 Å². The number of nitrogens with two attached hydrogens (primary N) is 1. The Bertz CT molecular complexity index is 274. The van der Waals surface area contributed by atoms with Crippen molar-refractivity contribution in [3.8, 4) is 6.07 Å². The summed E-state index contributed by atoms with van der Waals surface area (Å²) in [5, 5.41) is 9.32. The first kappa shape index (κ1) is 9.12. The van der Waals surface area contributed by atoms with Crippen LogP contribution in [0.4, 0.5) is 5.69 Å². The van der Waals surface area contributed by atoms with Gasteiger partial charge in [-0.3, -0.25) is 0 Å². The van der Waals surface area contributed by atoms with Crippen LogP contribution in [0.1, 0.15) is 6.42 Å². The van der Waals surface area contributed by atoms with E-state index in [1.807, 2.05) is 24.3 Å². The molecule has 1 rings (SSSR count). The zero-order valence-electron chi connectivity index (χ0n) is 6.66. The predicted molar refractivity (Wildman–Crippen MR) is 51.3 cm³/mol. The Kier molecular flexibility index (Phi) is 3.66. The molecule has 1 aromatic carbocycles. The molecule has 1 aromatic rings. The van der Waals surface area contributed by atoms with Gasteiger partial charge < -0.3 is 0 Å². The second kappa shape index (κ2) is 4.82. The summed E-state index contributed by atoms with van der Waals surface area (Å²) in [4.78, 5) is 0. The Morgan fingerprint density at radius 3 is 2.58 bits per heavy atom. The van der Waals surface area contributed by atoms with E-state index in [1.54, 1.807) is 0 Å². The number of anilines is 1. The Morgan fingerprint density at radius 2 is 2.00 bits per heavy atom. The van der Waals surface area contributed by atoms with Gasteiger partial charge in [-0.25, -0.2) is 0 Å². The van der Waals surface area contributed by atoms with Gasteiger partial charge in [-0.1, -0.05) is 0 Å². The maximum absolute atomic E-state index is 8.33. The first-order valence-electron chi connectivity index (χ1n) is 3.68. The average molecular weight is 225 g/mol. The predicted octanol–water partition coefficient (Wildman–Crippen LogP) is 0.930. The molecule has 0 aromatic heterocycles. The van der Waals surface area contributed by atoms with Gasteiger partial charge in [0, 0.05) is 0 Å². The number of nitrogens with zero attached hydrogens (tertiary/aromatic N) is 1. The summed E-state index contributed by atoms with van der Waals surface area (Å²) in [7, 11) is 0. The number of rotatable bonds is 3. The normalized spacial score (nSPS) is 9.25. The molecule has 3 heteroatoms. The first-order valence-corrected chi connectivity index (χ1v) is 5.75. The molecule has 0 bridgehead atoms. The minimum absolute atomic E-state index is 0.434. The second-order valence-corrected chi connectivity index (χ2v) is 4.78. The van der Waals surface area contributed by atoms with Gasteiger partial charge in [-0.15, -0.1) is 0 Å². The summed E-state index contributed by atoms with van der Waals surface area (Å²) < 4.78 is 1.31. The van der Waals surface area contributed by atoms with Crippen LogP contribution in [0.15, 0.2) is 24.3 Å². The van der Waals surface area contributed by atoms with E-state index >= 15 is 0 Å². The van der Waals surface area contributed by atoms with Crippen molar-refractivity contribution in [2.24, 2.45) is 0 Å². The van der Waals surface area contributed by atoms with Gasteiger partial charge in [0.05, 0.1) is 0 Å². The van der Waals surface area contributed by atoms with E-state index in [-0.39, 0.29) is 0 Å². The van der Waals surface area contributed by atoms with Gasteiger partial charge >= 0.3 is 78.2 Å². The van der Waals surface area contributed by atoms with Crippen LogP contribution in [0.5, 0.6) is 0 Å². The Balaban J connectivity index is 2.43. The fraction of sp³-hybridized carbons (Fsp3) is 0.222. The van der Waals surface area contributed by atoms with E-state index in [4.69, 9.17) is 11.0 Å². The number of nitriles is 1. The Morgan fingerprint density at radius 1 is 1.33 bits per heavy atom. The number of nitrogen functional groups attached to an aromatic ring is 1. The molecular weight excluding hydrogens is 215 g/mol. The number of hydrogen-bond acceptors (Lipinski definition) is 2. The van der Waals surface area contributed by atoms with Gasteiger partial charge in [0.2, 0.25) is 0 Å². The molecule has 0 spiro atoms. The van der Waals surface area contributed by atoms with Gasteiger partial charge in [-0.2, -0.15) is 0 Å². The minimum atomic E-state index is 0.434. The van der Waals surface area contributed by atoms with Gasteiger partial charge in [-0.05, 0) is 0 Å². The molecule has 0 heterocycles. The third-order valence-corrected chi connectivity index (χ3v) is 3.49. The summed E-state index contributed by atoms with van der Waals surface area (Å²) in [5.74, 6) is 0. The molecule has 12 heavy (non-hydrogen) atoms. The summed E-state index contributed by atoms with van der Waals surface area (Å²) in [6.07, 6.45) is 0.657. The van der Waals surface area contributed by atoms with E-state index in [0.717, 1.165) is 11.0 Å². The number of hydrogen-bond donors (Lipinski definition) is 1. The molecule has 0 saturated heterocycles. The molecule has 0 fully saturated rings. The molecule has 62 valence electrons. The van der Waals surface area contributed by atoms with Crippen molar-refractivity contribution in [1.82, 2.24) is 0 Å². The first-order chi connectivity index (χ1) is 5.83. The molecule has 0 aliphatic heterocycles. The molecule has 0 aliphatic carbocycles. The molecule has 2 nitrogen and oxygen atoms in total. The SMILES string of the molecule is N#CCC[Se]c1ccc(N)cc1. The third-order valence-electron chi connectivity index (χ3n) is 1.36. The van der Waals surface area contributed by atoms with Crippen molar-refractivity contribution in [3.05, 3.63) is 24.3 Å². The Labute approximate surface area is 78.5 Å². The number of benzene rings is 1. The van der Waals surface area contributed by atoms with Crippen LogP contribution in [-0.4, -0.2) is 15.0 Å². The maximum atomic E-state index is 8.33. The monoisotopic (exact) mass is 226 g/mol. The fourth-order valence-electron chi connectivity index (χ4n) is 0.779. The fourth-order valence-corrected chi connectivity index (χ4v) is 2.37. The van der Waals surface area contributed by atoms with E-state index < -0.39 is 0 Å². The summed E-state index contributed by atoms with van der Waals surface area (Å²) in [5.41, 5.74) is 6.34. The quantitative estimate of drug-likeness (QED) is 0.472. The summed E-state index contributed by atoms with van der Waals surface area (Å²) in [6, 6.07) is 10.0. The van der Waals surface area contributed by atoms with E-state index in [1.165, 1.54) is 4.46 Å². The summed E-state index contributed by atoms with van der Waals surface area (Å²) >= 11 is 0.434. The molecule has 0 amide bonds. The molecule has 0 saturated carbocycles. The molecule has 0 unspecified atom stereocenters. The zero-order chi connectivity index (χ0) is 8.81. The van der Waals surface area contributed by atoms with Crippen LogP contribution in [0.2, 0.25) is 5.32 Å². The molecule has 0 radical (unpaired) electrons. The molecule has 2 N–H and O–H groups in total. The van der Waals surface area contributed by atoms with Gasteiger partial charge in [0.1, 0.15) is 0 Å². The van der Waals surface area contributed by atoms with E-state index in [9.17, 15) is 0 Å². The van der Waals surface area contributed by atoms with Crippen molar-refractivity contribution in [1.29, 1.82) is 5.26 Å². The van der Waals surface area contributed by atoms with Crippen molar-refractivity contribution in [2.75, 3.05) is 5.73 Å². The zero-order valence-corrected chi connectivity index (χ0v) is 8.37. The van der Waals surface area contributed by atoms with Crippen molar-refractivity contribution >= 4 is 25.1 Å². The molecular formula is C9H10N2Se. The van der Waals surface area contributed by atoms with Gasteiger partial charge in [0.25, 0.3) is 0 Å². The van der Waals surface area contributed by atoms with Crippen LogP contribution < -0.4 is 10.2 Å². The average Bonchev–Trinajstić information content (AvgIpc) is 2.09. The summed E-state index contributed by atoms with van der Waals surface area (Å²) in [6.45, 7) is 0. The van der Waals surface area contributed by atoms with Crippen LogP contribution >= 0.6 is 0 Å². The van der Waals surface area contributed by atoms with Crippen LogP contribution in [0.25, 0.3) is 0 Å². The van der Waals surface area contributed by atoms with E-state index in [0.29, 0.717) is 21.4 Å². The second-order valence-electron chi connectivity index (χ2n) is 2.33. The standard InChI is InChI=1S/C9H10N2Se/c10-6-1-7-12-9-4-2-8(11)3-5-9/h2-5H,1,7,11H2. The topological polar surface area (TPSA) is 49.8 Å².